The maximum atomic E-state index is 11.8. The van der Waals surface area contributed by atoms with Crippen LogP contribution in [-0.4, -0.2) is 136 Å². The Bertz CT molecular complexity index is 717. The monoisotopic (exact) mass is 674 g/mol. The number of hydrogen-bond acceptors (Lipinski definition) is 11. The fourth-order valence-electron chi connectivity index (χ4n) is 2.67. The number of azide groups is 1. The number of carbonyl (C=O) groups is 2. The van der Waals surface area contributed by atoms with Crippen LogP contribution in [0, 0.1) is 0 Å². The van der Waals surface area contributed by atoms with Gasteiger partial charge in [0.15, 0.2) is 0 Å². The van der Waals surface area contributed by atoms with Crippen molar-refractivity contribution < 1.29 is 47.5 Å². The molecule has 0 N–H and O–H groups in total. The summed E-state index contributed by atoms with van der Waals surface area (Å²) in [5.41, 5.74) is 8.11. The van der Waals surface area contributed by atoms with Crippen LogP contribution < -0.4 is 0 Å². The van der Waals surface area contributed by atoms with E-state index in [0.717, 1.165) is 4.90 Å². The Labute approximate surface area is 239 Å². The minimum atomic E-state index is -0.376. The second kappa shape index (κ2) is 24.8. The molecule has 0 aromatic rings. The lowest BCUT2D eigenvalue weighted by molar-refractivity contribution is -0.137. The Hall–Kier alpha value is -1.17. The Morgan fingerprint density at radius 3 is 1.16 bits per heavy atom. The van der Waals surface area contributed by atoms with Crippen LogP contribution in [0.2, 0.25) is 0 Å². The molecule has 1 heterocycles. The Morgan fingerprint density at radius 1 is 0.553 bits per heavy atom. The van der Waals surface area contributed by atoms with E-state index in [0.29, 0.717) is 106 Å². The van der Waals surface area contributed by atoms with Crippen molar-refractivity contribution in [2.75, 3.05) is 119 Å². The third-order valence-electron chi connectivity index (χ3n) is 4.52. The average Bonchev–Trinajstić information content (AvgIpc) is 3.10. The number of nitrogens with zero attached hydrogens (tertiary/aromatic N) is 4. The average molecular weight is 676 g/mol. The van der Waals surface area contributed by atoms with E-state index in [4.69, 9.17) is 43.4 Å². The van der Waals surface area contributed by atoms with Crippen LogP contribution >= 0.6 is 31.9 Å². The Balaban J connectivity index is 1.70. The van der Waals surface area contributed by atoms with Crippen molar-refractivity contribution in [3.05, 3.63) is 19.4 Å². The van der Waals surface area contributed by atoms with Gasteiger partial charge in [0.2, 0.25) is 0 Å². The molecule has 1 aliphatic heterocycles. The van der Waals surface area contributed by atoms with Gasteiger partial charge in [-0.3, -0.25) is 14.5 Å². The Kier molecular flexibility index (Phi) is 22.8. The molecular formula is C22H36Br2N4O10. The fraction of sp³-hybridized carbons (Fsp3) is 0.818. The largest absolute Gasteiger partial charge is 0.379 e. The molecule has 0 spiro atoms. The van der Waals surface area contributed by atoms with Crippen molar-refractivity contribution >= 4 is 43.7 Å². The van der Waals surface area contributed by atoms with Gasteiger partial charge in [0.1, 0.15) is 8.96 Å². The van der Waals surface area contributed by atoms with Crippen molar-refractivity contribution in [2.45, 2.75) is 0 Å². The molecule has 0 saturated heterocycles. The number of hydrogen-bond donors (Lipinski definition) is 0. The molecule has 0 aromatic heterocycles. The summed E-state index contributed by atoms with van der Waals surface area (Å²) in [6.07, 6.45) is 0. The first-order chi connectivity index (χ1) is 18.6. The van der Waals surface area contributed by atoms with Crippen LogP contribution in [-0.2, 0) is 47.5 Å². The highest BCUT2D eigenvalue weighted by Gasteiger charge is 2.35. The first-order valence-electron chi connectivity index (χ1n) is 12.1. The van der Waals surface area contributed by atoms with Crippen LogP contribution in [0.25, 0.3) is 10.4 Å². The molecule has 0 aliphatic carbocycles. The van der Waals surface area contributed by atoms with Crippen molar-refractivity contribution in [3.63, 3.8) is 0 Å². The maximum Gasteiger partial charge on any atom is 0.269 e. The van der Waals surface area contributed by atoms with Crippen molar-refractivity contribution in [1.82, 2.24) is 4.90 Å². The van der Waals surface area contributed by atoms with Crippen LogP contribution in [0.5, 0.6) is 0 Å². The summed E-state index contributed by atoms with van der Waals surface area (Å²) in [6, 6.07) is 0. The number of rotatable bonds is 27. The van der Waals surface area contributed by atoms with E-state index in [1.54, 1.807) is 0 Å². The lowest BCUT2D eigenvalue weighted by atomic mass is 10.5. The van der Waals surface area contributed by atoms with Gasteiger partial charge in [-0.1, -0.05) is 5.11 Å². The molecule has 0 fully saturated rings. The first-order valence-corrected chi connectivity index (χ1v) is 13.7. The van der Waals surface area contributed by atoms with E-state index in [1.807, 2.05) is 0 Å². The molecule has 1 aliphatic rings. The van der Waals surface area contributed by atoms with E-state index in [9.17, 15) is 9.59 Å². The zero-order valence-corrected chi connectivity index (χ0v) is 24.5. The van der Waals surface area contributed by atoms with Gasteiger partial charge in [-0.2, -0.15) is 0 Å². The lowest BCUT2D eigenvalue weighted by Crippen LogP contribution is -2.34. The summed E-state index contributed by atoms with van der Waals surface area (Å²) >= 11 is 6.15. The van der Waals surface area contributed by atoms with Gasteiger partial charge in [0.25, 0.3) is 11.8 Å². The van der Waals surface area contributed by atoms with Crippen LogP contribution in [0.1, 0.15) is 0 Å². The topological polar surface area (TPSA) is 160 Å². The minimum absolute atomic E-state index is 0.181. The second-order valence-electron chi connectivity index (χ2n) is 7.24. The smallest absolute Gasteiger partial charge is 0.269 e. The van der Waals surface area contributed by atoms with E-state index < -0.39 is 0 Å². The van der Waals surface area contributed by atoms with Gasteiger partial charge in [0, 0.05) is 11.5 Å². The zero-order chi connectivity index (χ0) is 27.7. The van der Waals surface area contributed by atoms with Crippen LogP contribution in [0.4, 0.5) is 0 Å². The van der Waals surface area contributed by atoms with Crippen molar-refractivity contribution in [3.8, 4) is 0 Å². The normalized spacial score (nSPS) is 13.6. The molecule has 0 bridgehead atoms. The standard InChI is InChI=1S/C22H36Br2N4O10/c23-19-20(24)22(30)28(21(19)29)2-4-32-6-8-34-10-12-36-14-16-38-18-17-37-15-13-35-11-9-33-7-5-31-3-1-26-27-25/h1-18H2. The first kappa shape index (κ1) is 34.9. The zero-order valence-electron chi connectivity index (χ0n) is 21.4. The SMILES string of the molecule is [N-]=[N+]=NCCOCCOCCOCCOCCOCCOCCOCCOCCN1C(=O)C(Br)=C(Br)C1=O. The fourth-order valence-corrected chi connectivity index (χ4v) is 3.43. The van der Waals surface area contributed by atoms with E-state index in [-0.39, 0.29) is 33.9 Å². The highest BCUT2D eigenvalue weighted by Crippen LogP contribution is 2.28. The third-order valence-corrected chi connectivity index (χ3v) is 6.52. The maximum absolute atomic E-state index is 11.8. The highest BCUT2D eigenvalue weighted by molar-refractivity contribution is 9.14. The predicted octanol–water partition coefficient (Wildman–Crippen LogP) is 1.80. The quantitative estimate of drug-likeness (QED) is 0.0413. The molecule has 0 unspecified atom stereocenters. The van der Waals surface area contributed by atoms with E-state index >= 15 is 0 Å². The van der Waals surface area contributed by atoms with Crippen LogP contribution in [0.3, 0.4) is 0 Å². The predicted molar refractivity (Wildman–Crippen MR) is 142 cm³/mol. The summed E-state index contributed by atoms with van der Waals surface area (Å²) < 4.78 is 43.4. The summed E-state index contributed by atoms with van der Waals surface area (Å²) in [5.74, 6) is -0.751. The molecule has 14 nitrogen and oxygen atoms in total. The molecular weight excluding hydrogens is 640 g/mol. The Morgan fingerprint density at radius 2 is 0.842 bits per heavy atom. The molecule has 0 atom stereocenters. The van der Waals surface area contributed by atoms with Gasteiger partial charge in [0.05, 0.1) is 112 Å². The molecule has 38 heavy (non-hydrogen) atoms. The minimum Gasteiger partial charge on any atom is -0.379 e. The number of amides is 2. The highest BCUT2D eigenvalue weighted by atomic mass is 79.9. The molecule has 16 heteroatoms. The second-order valence-corrected chi connectivity index (χ2v) is 8.83. The van der Waals surface area contributed by atoms with Gasteiger partial charge in [-0.25, -0.2) is 0 Å². The molecule has 1 rings (SSSR count). The summed E-state index contributed by atoms with van der Waals surface area (Å²) in [6.45, 7) is 7.41. The molecule has 0 aromatic carbocycles. The molecule has 0 saturated carbocycles. The van der Waals surface area contributed by atoms with E-state index in [2.05, 4.69) is 41.9 Å². The van der Waals surface area contributed by atoms with Gasteiger partial charge < -0.3 is 37.9 Å². The summed E-state index contributed by atoms with van der Waals surface area (Å²) in [5, 5.41) is 3.36. The summed E-state index contributed by atoms with van der Waals surface area (Å²) in [4.78, 5) is 27.4. The summed E-state index contributed by atoms with van der Waals surface area (Å²) in [7, 11) is 0. The van der Waals surface area contributed by atoms with Crippen LogP contribution in [0.15, 0.2) is 14.1 Å². The molecule has 2 amide bonds. The number of carbonyl (C=O) groups excluding carboxylic acids is 2. The van der Waals surface area contributed by atoms with Crippen molar-refractivity contribution in [2.24, 2.45) is 5.11 Å². The van der Waals surface area contributed by atoms with Gasteiger partial charge in [-0.15, -0.1) is 0 Å². The van der Waals surface area contributed by atoms with Gasteiger partial charge in [-0.05, 0) is 37.4 Å². The lowest BCUT2D eigenvalue weighted by Gasteiger charge is -2.14. The van der Waals surface area contributed by atoms with Gasteiger partial charge >= 0.3 is 0 Å². The molecule has 218 valence electrons. The van der Waals surface area contributed by atoms with E-state index in [1.165, 1.54) is 0 Å². The molecule has 0 radical (unpaired) electrons. The number of imide groups is 1. The third kappa shape index (κ3) is 17.4. The number of ether oxygens (including phenoxy) is 8. The van der Waals surface area contributed by atoms with Crippen molar-refractivity contribution in [1.29, 1.82) is 0 Å². The number of halogens is 2.